The monoisotopic (exact) mass is 678 g/mol. The topological polar surface area (TPSA) is 125 Å². The van der Waals surface area contributed by atoms with Gasteiger partial charge in [0.25, 0.3) is 5.91 Å². The zero-order chi connectivity index (χ0) is 35.0. The summed E-state index contributed by atoms with van der Waals surface area (Å²) >= 11 is 1.35. The highest BCUT2D eigenvalue weighted by atomic mass is 32.1. The van der Waals surface area contributed by atoms with E-state index >= 15 is 0 Å². The largest absolute Gasteiger partial charge is 0.461 e. The number of amides is 3. The third-order valence-corrected chi connectivity index (χ3v) is 8.74. The molecule has 0 saturated heterocycles. The highest BCUT2D eigenvalue weighted by Gasteiger charge is 2.28. The summed E-state index contributed by atoms with van der Waals surface area (Å²) in [5, 5.41) is 9.10. The molecule has 1 aliphatic heterocycles. The van der Waals surface area contributed by atoms with Crippen LogP contribution in [0.15, 0.2) is 47.8 Å². The van der Waals surface area contributed by atoms with Gasteiger partial charge < -0.3 is 24.6 Å². The van der Waals surface area contributed by atoms with Gasteiger partial charge in [-0.25, -0.2) is 19.6 Å². The van der Waals surface area contributed by atoms with Gasteiger partial charge in [0.1, 0.15) is 17.2 Å². The molecule has 1 N–H and O–H groups in total. The molecule has 258 valence electrons. The minimum atomic E-state index is -0.661. The maximum atomic E-state index is 13.7. The number of esters is 1. The molecule has 0 spiro atoms. The van der Waals surface area contributed by atoms with Crippen LogP contribution in [0.5, 0.6) is 0 Å². The van der Waals surface area contributed by atoms with Crippen molar-refractivity contribution in [2.75, 3.05) is 51.7 Å². The molecule has 4 rings (SSSR count). The third kappa shape index (κ3) is 9.54. The average molecular weight is 679 g/mol. The molecule has 13 heteroatoms. The zero-order valence-corrected chi connectivity index (χ0v) is 29.7. The van der Waals surface area contributed by atoms with Gasteiger partial charge >= 0.3 is 12.1 Å². The fraction of sp³-hybridized carbons (Fsp3) is 0.457. The number of hydrogen-bond donors (Lipinski definition) is 1. The predicted octanol–water partition coefficient (Wildman–Crippen LogP) is 5.18. The number of anilines is 1. The molecule has 2 heterocycles. The summed E-state index contributed by atoms with van der Waals surface area (Å²) in [5.74, 6) is -0.978. The van der Waals surface area contributed by atoms with Crippen LogP contribution in [0.2, 0.25) is 0 Å². The molecular weight excluding hydrogens is 632 g/mol. The van der Waals surface area contributed by atoms with E-state index in [0.717, 1.165) is 16.8 Å². The maximum absolute atomic E-state index is 13.7. The summed E-state index contributed by atoms with van der Waals surface area (Å²) in [4.78, 5) is 59.5. The number of nitrogens with one attached hydrogen (secondary N) is 1. The first-order valence-electron chi connectivity index (χ1n) is 16.1. The van der Waals surface area contributed by atoms with E-state index in [9.17, 15) is 19.2 Å². The molecule has 0 fully saturated rings. The van der Waals surface area contributed by atoms with E-state index in [1.54, 1.807) is 45.1 Å². The van der Waals surface area contributed by atoms with Gasteiger partial charge in [-0.1, -0.05) is 24.3 Å². The lowest BCUT2D eigenvalue weighted by molar-refractivity contribution is -0.151. The van der Waals surface area contributed by atoms with Gasteiger partial charge in [0, 0.05) is 56.4 Å². The van der Waals surface area contributed by atoms with Crippen LogP contribution in [0.25, 0.3) is 10.6 Å². The van der Waals surface area contributed by atoms with Crippen molar-refractivity contribution in [2.24, 2.45) is 0 Å². The summed E-state index contributed by atoms with van der Waals surface area (Å²) in [6, 6.07) is 13.7. The number of carbonyl (C=O) groups is 4. The highest BCUT2D eigenvalue weighted by molar-refractivity contribution is 7.13. The zero-order valence-electron chi connectivity index (χ0n) is 28.9. The lowest BCUT2D eigenvalue weighted by Crippen LogP contribution is -2.50. The van der Waals surface area contributed by atoms with E-state index < -0.39 is 17.7 Å². The van der Waals surface area contributed by atoms with Crippen molar-refractivity contribution in [2.45, 2.75) is 60.2 Å². The maximum Gasteiger partial charge on any atom is 0.410 e. The number of hydrogen-bond acceptors (Lipinski definition) is 10. The van der Waals surface area contributed by atoms with E-state index in [0.29, 0.717) is 24.6 Å². The molecule has 0 radical (unpaired) electrons. The number of nitrogens with zero attached hydrogens (tertiary/aromatic N) is 5. The van der Waals surface area contributed by atoms with E-state index in [1.807, 2.05) is 49.2 Å². The van der Waals surface area contributed by atoms with Crippen LogP contribution in [0.1, 0.15) is 61.8 Å². The first-order valence-corrected chi connectivity index (χ1v) is 17.0. The molecule has 12 nitrogen and oxygen atoms in total. The smallest absolute Gasteiger partial charge is 0.410 e. The Morgan fingerprint density at radius 1 is 0.979 bits per heavy atom. The Kier molecular flexibility index (Phi) is 12.2. The summed E-state index contributed by atoms with van der Waals surface area (Å²) in [6.45, 7) is 12.9. The van der Waals surface area contributed by atoms with Crippen molar-refractivity contribution in [3.63, 3.8) is 0 Å². The fourth-order valence-corrected chi connectivity index (χ4v) is 5.96. The second-order valence-electron chi connectivity index (χ2n) is 12.5. The number of aromatic nitrogens is 1. The van der Waals surface area contributed by atoms with E-state index in [-0.39, 0.29) is 50.3 Å². The number of fused-ring (bicyclic) bond motifs is 1. The van der Waals surface area contributed by atoms with Crippen LogP contribution >= 0.6 is 11.3 Å². The number of rotatable bonds is 13. The Hall–Kier alpha value is -4.49. The summed E-state index contributed by atoms with van der Waals surface area (Å²) in [5.41, 5.74) is 4.41. The number of thiazole rings is 1. The van der Waals surface area contributed by atoms with Crippen LogP contribution in [0, 0.1) is 6.92 Å². The van der Waals surface area contributed by atoms with Gasteiger partial charge in [-0.05, 0) is 76.4 Å². The van der Waals surface area contributed by atoms with Crippen LogP contribution in [-0.2, 0) is 32.2 Å². The van der Waals surface area contributed by atoms with E-state index in [1.165, 1.54) is 32.3 Å². The molecule has 1 aliphatic rings. The van der Waals surface area contributed by atoms with Crippen molar-refractivity contribution in [3.8, 4) is 10.6 Å². The molecule has 0 saturated carbocycles. The minimum absolute atomic E-state index is 0.0604. The number of ether oxygens (including phenoxy) is 2. The number of likely N-dealkylation sites (N-methyl/N-ethyl adjacent to an activating group) is 2. The van der Waals surface area contributed by atoms with Crippen molar-refractivity contribution in [3.05, 3.63) is 70.2 Å². The Morgan fingerprint density at radius 3 is 2.25 bits per heavy atom. The number of carbonyl (C=O) groups excluding carboxylic acids is 4. The van der Waals surface area contributed by atoms with Crippen LogP contribution < -0.4 is 5.32 Å². The van der Waals surface area contributed by atoms with Crippen molar-refractivity contribution in [1.29, 1.82) is 0 Å². The minimum Gasteiger partial charge on any atom is -0.461 e. The van der Waals surface area contributed by atoms with Gasteiger partial charge in [0.05, 0.1) is 13.2 Å². The number of hydrazine groups is 1. The predicted molar refractivity (Wildman–Crippen MR) is 185 cm³/mol. The molecule has 1 aromatic heterocycles. The van der Waals surface area contributed by atoms with Crippen molar-refractivity contribution >= 4 is 40.9 Å². The Bertz CT molecular complexity index is 1590. The fourth-order valence-electron chi connectivity index (χ4n) is 5.17. The lowest BCUT2D eigenvalue weighted by Gasteiger charge is -2.32. The van der Waals surface area contributed by atoms with Gasteiger partial charge in [0.15, 0.2) is 5.69 Å². The van der Waals surface area contributed by atoms with Crippen LogP contribution in [0.3, 0.4) is 0 Å². The van der Waals surface area contributed by atoms with Crippen LogP contribution in [0.4, 0.5) is 10.5 Å². The normalized spacial score (nSPS) is 12.6. The Balaban J connectivity index is 1.44. The molecule has 2 aromatic carbocycles. The third-order valence-electron chi connectivity index (χ3n) is 7.85. The molecule has 0 bridgehead atoms. The van der Waals surface area contributed by atoms with Gasteiger partial charge in [-0.15, -0.1) is 11.3 Å². The summed E-state index contributed by atoms with van der Waals surface area (Å²) in [7, 11) is 1.72. The van der Waals surface area contributed by atoms with Crippen molar-refractivity contribution < 1.29 is 28.7 Å². The SMILES string of the molecule is CCOC(=O)c1csc(-c2ccc(NCC(=O)N(CCN(CC)C(=O)OC(C)(C)C)CC(=O)N(C)N3Cc4ccccc4C3)c(C)c2)n1. The van der Waals surface area contributed by atoms with Gasteiger partial charge in [-0.2, -0.15) is 0 Å². The molecule has 3 amide bonds. The average Bonchev–Trinajstić information content (AvgIpc) is 3.71. The summed E-state index contributed by atoms with van der Waals surface area (Å²) < 4.78 is 10.6. The van der Waals surface area contributed by atoms with Gasteiger partial charge in [-0.3, -0.25) is 14.6 Å². The highest BCUT2D eigenvalue weighted by Crippen LogP contribution is 2.28. The second-order valence-corrected chi connectivity index (χ2v) is 13.4. The van der Waals surface area contributed by atoms with Crippen molar-refractivity contribution in [1.82, 2.24) is 24.8 Å². The summed E-state index contributed by atoms with van der Waals surface area (Å²) in [6.07, 6.45) is -0.473. The van der Waals surface area contributed by atoms with E-state index in [4.69, 9.17) is 9.47 Å². The lowest BCUT2D eigenvalue weighted by atomic mass is 10.1. The van der Waals surface area contributed by atoms with E-state index in [2.05, 4.69) is 22.4 Å². The molecule has 0 atom stereocenters. The molecular formula is C35H46N6O6S. The number of benzene rings is 2. The molecule has 0 aliphatic carbocycles. The molecule has 3 aromatic rings. The van der Waals surface area contributed by atoms with Gasteiger partial charge in [0.2, 0.25) is 5.91 Å². The standard InChI is InChI=1S/C35H46N6O6S/c1-8-39(34(45)47-35(4,5)6)16-17-40(22-31(43)38(7)41-20-26-12-10-11-13-27(26)21-41)30(42)19-36-28-15-14-25(18-24(28)3)32-37-29(23-48-32)33(44)46-9-2/h10-15,18,23,36H,8-9,16-17,19-22H2,1-7H3. The second kappa shape index (κ2) is 16.1. The number of aryl methyl sites for hydroxylation is 1. The Labute approximate surface area is 286 Å². The first kappa shape index (κ1) is 36.3. The Morgan fingerprint density at radius 2 is 1.65 bits per heavy atom. The molecule has 48 heavy (non-hydrogen) atoms. The van der Waals surface area contributed by atoms with Crippen LogP contribution in [-0.4, -0.2) is 101 Å². The molecule has 0 unspecified atom stereocenters. The quantitative estimate of drug-likeness (QED) is 0.244. The first-order chi connectivity index (χ1) is 22.8.